The molecule has 0 bridgehead atoms. The maximum atomic E-state index is 9.95. The minimum absolute atomic E-state index is 0.0425. The fourth-order valence-electron chi connectivity index (χ4n) is 7.97. The summed E-state index contributed by atoms with van der Waals surface area (Å²) >= 11 is 0. The van der Waals surface area contributed by atoms with Crippen molar-refractivity contribution in [3.05, 3.63) is 71.8 Å². The van der Waals surface area contributed by atoms with E-state index in [9.17, 15) is 10.2 Å². The largest absolute Gasteiger partial charge is 0.396 e. The summed E-state index contributed by atoms with van der Waals surface area (Å²) in [6, 6.07) is 20.0. The Labute approximate surface area is 315 Å². The number of benzene rings is 2. The fraction of sp³-hybridized carbons (Fsp3) is 0.707. The van der Waals surface area contributed by atoms with E-state index in [1.165, 1.54) is 0 Å². The van der Waals surface area contributed by atoms with Crippen molar-refractivity contribution in [1.82, 2.24) is 10.6 Å². The van der Waals surface area contributed by atoms with E-state index in [2.05, 4.69) is 10.6 Å². The number of fused-ring (bicyclic) bond motifs is 2. The van der Waals surface area contributed by atoms with Crippen LogP contribution in [0.4, 0.5) is 0 Å². The highest BCUT2D eigenvalue weighted by atomic mass is 16.9. The highest BCUT2D eigenvalue weighted by Gasteiger charge is 2.58. The van der Waals surface area contributed by atoms with Crippen molar-refractivity contribution < 1.29 is 48.1 Å². The lowest BCUT2D eigenvalue weighted by molar-refractivity contribution is -0.223. The van der Waals surface area contributed by atoms with Crippen LogP contribution in [0.1, 0.15) is 83.8 Å². The highest BCUT2D eigenvalue weighted by molar-refractivity contribution is 5.15. The van der Waals surface area contributed by atoms with Crippen molar-refractivity contribution in [2.45, 2.75) is 159 Å². The van der Waals surface area contributed by atoms with Crippen LogP contribution in [0, 0.1) is 0 Å². The van der Waals surface area contributed by atoms with Crippen LogP contribution in [0.5, 0.6) is 0 Å². The third-order valence-electron chi connectivity index (χ3n) is 10.5. The first-order valence-corrected chi connectivity index (χ1v) is 19.7. The van der Waals surface area contributed by atoms with Crippen LogP contribution >= 0.6 is 0 Å². The number of aliphatic hydroxyl groups excluding tert-OH is 2. The minimum Gasteiger partial charge on any atom is -0.396 e. The molecule has 2 aromatic carbocycles. The molecule has 4 aliphatic rings. The molecule has 4 N–H and O–H groups in total. The van der Waals surface area contributed by atoms with E-state index in [4.69, 9.17) is 37.9 Å². The summed E-state index contributed by atoms with van der Waals surface area (Å²) in [6.07, 6.45) is 3.38. The molecule has 12 nitrogen and oxygen atoms in total. The Balaban J connectivity index is 0.925. The van der Waals surface area contributed by atoms with Crippen LogP contribution in [-0.4, -0.2) is 109 Å². The van der Waals surface area contributed by atoms with E-state index in [-0.39, 0.29) is 61.9 Å². The van der Waals surface area contributed by atoms with Gasteiger partial charge in [-0.25, -0.2) is 0 Å². The average molecular weight is 743 g/mol. The maximum absolute atomic E-state index is 9.95. The summed E-state index contributed by atoms with van der Waals surface area (Å²) < 4.78 is 50.3. The van der Waals surface area contributed by atoms with Gasteiger partial charge < -0.3 is 58.7 Å². The second-order valence-corrected chi connectivity index (χ2v) is 15.6. The van der Waals surface area contributed by atoms with Gasteiger partial charge in [0.1, 0.15) is 36.6 Å². The quantitative estimate of drug-likeness (QED) is 0.126. The Bertz CT molecular complexity index is 1250. The average Bonchev–Trinajstić information content (AvgIpc) is 3.83. The van der Waals surface area contributed by atoms with Gasteiger partial charge in [0.05, 0.1) is 13.2 Å². The first-order valence-electron chi connectivity index (χ1n) is 19.7. The molecule has 0 aliphatic carbocycles. The van der Waals surface area contributed by atoms with E-state index in [0.717, 1.165) is 56.3 Å². The number of rotatable bonds is 22. The van der Waals surface area contributed by atoms with Crippen molar-refractivity contribution in [2.24, 2.45) is 0 Å². The van der Waals surface area contributed by atoms with Crippen molar-refractivity contribution in [1.29, 1.82) is 0 Å². The zero-order valence-corrected chi connectivity index (χ0v) is 31.9. The number of aliphatic hydroxyl groups is 2. The van der Waals surface area contributed by atoms with Gasteiger partial charge in [-0.2, -0.15) is 0 Å². The zero-order valence-electron chi connectivity index (χ0n) is 31.9. The van der Waals surface area contributed by atoms with Gasteiger partial charge in [0.15, 0.2) is 24.2 Å². The van der Waals surface area contributed by atoms with Crippen molar-refractivity contribution >= 4 is 0 Å². The lowest BCUT2D eigenvalue weighted by atomic mass is 10.00. The number of unbranched alkanes of at least 4 members (excludes halogenated alkanes) is 4. The van der Waals surface area contributed by atoms with Crippen molar-refractivity contribution in [3.63, 3.8) is 0 Å². The van der Waals surface area contributed by atoms with Crippen LogP contribution in [0.3, 0.4) is 0 Å². The Morgan fingerprint density at radius 1 is 0.585 bits per heavy atom. The normalized spacial score (nSPS) is 31.1. The Hall–Kier alpha value is -2.04. The molecule has 2 aromatic rings. The molecule has 0 radical (unpaired) electrons. The summed E-state index contributed by atoms with van der Waals surface area (Å²) in [4.78, 5) is 0. The lowest BCUT2D eigenvalue weighted by Crippen LogP contribution is -2.49. The van der Waals surface area contributed by atoms with E-state index >= 15 is 0 Å². The number of nitrogens with one attached hydrogen (secondary N) is 2. The molecule has 2 unspecified atom stereocenters. The van der Waals surface area contributed by atoms with E-state index in [0.29, 0.717) is 26.1 Å². The molecule has 10 atom stereocenters. The van der Waals surface area contributed by atoms with Crippen LogP contribution < -0.4 is 10.6 Å². The maximum Gasteiger partial charge on any atom is 0.190 e. The molecule has 296 valence electrons. The second-order valence-electron chi connectivity index (χ2n) is 15.6. The predicted molar refractivity (Wildman–Crippen MR) is 198 cm³/mol. The molecule has 0 saturated carbocycles. The van der Waals surface area contributed by atoms with Gasteiger partial charge in [-0.05, 0) is 77.6 Å². The van der Waals surface area contributed by atoms with Crippen molar-refractivity contribution in [3.8, 4) is 0 Å². The summed E-state index contributed by atoms with van der Waals surface area (Å²) in [5, 5.41) is 27.2. The van der Waals surface area contributed by atoms with Crippen molar-refractivity contribution in [2.75, 3.05) is 26.3 Å². The predicted octanol–water partition coefficient (Wildman–Crippen LogP) is 4.54. The van der Waals surface area contributed by atoms with Crippen LogP contribution in [0.2, 0.25) is 0 Å². The molecule has 4 fully saturated rings. The summed E-state index contributed by atoms with van der Waals surface area (Å²) in [5.74, 6) is -1.48. The zero-order chi connectivity index (χ0) is 37.3. The molecule has 4 heterocycles. The summed E-state index contributed by atoms with van der Waals surface area (Å²) in [6.45, 7) is 10.2. The second kappa shape index (κ2) is 19.2. The molecular formula is C41H62N2O10. The number of ether oxygens (including phenoxy) is 8. The van der Waals surface area contributed by atoms with E-state index in [1.807, 2.05) is 88.4 Å². The first-order chi connectivity index (χ1) is 25.7. The van der Waals surface area contributed by atoms with Crippen LogP contribution in [0.25, 0.3) is 0 Å². The first kappa shape index (κ1) is 40.6. The van der Waals surface area contributed by atoms with Gasteiger partial charge in [0.25, 0.3) is 0 Å². The van der Waals surface area contributed by atoms with E-state index in [1.54, 1.807) is 0 Å². The highest BCUT2D eigenvalue weighted by Crippen LogP contribution is 2.41. The molecule has 0 amide bonds. The standard InChI is InChI=1S/C41H62N2O10/c1-40(2)50-36-34(46-26-28-16-10-8-11-17-28)32(48-38(36)52-40)30(20-24-44)42-22-14-6-5-7-15-23-43-31(21-25-45)33-35(47-27-29-18-12-9-13-19-29)37-39(49-33)53-41(3,4)51-37/h8-13,16-19,30-39,42-45H,5-7,14-15,20-27H2,1-4H3/t30-,31-,32?,33?,34-,35-,36+,37+,38+,39+/m0/s1. The monoisotopic (exact) mass is 742 g/mol. The van der Waals surface area contributed by atoms with Crippen LogP contribution in [-0.2, 0) is 51.1 Å². The summed E-state index contributed by atoms with van der Waals surface area (Å²) in [7, 11) is 0. The Morgan fingerprint density at radius 2 is 0.981 bits per heavy atom. The smallest absolute Gasteiger partial charge is 0.190 e. The third-order valence-corrected chi connectivity index (χ3v) is 10.5. The number of hydrogen-bond donors (Lipinski definition) is 4. The van der Waals surface area contributed by atoms with Gasteiger partial charge in [-0.3, -0.25) is 0 Å². The van der Waals surface area contributed by atoms with Gasteiger partial charge in [-0.1, -0.05) is 79.9 Å². The lowest BCUT2D eigenvalue weighted by Gasteiger charge is -2.31. The van der Waals surface area contributed by atoms with Gasteiger partial charge in [0, 0.05) is 25.3 Å². The fourth-order valence-corrected chi connectivity index (χ4v) is 7.97. The molecule has 53 heavy (non-hydrogen) atoms. The molecule has 0 aromatic heterocycles. The SMILES string of the molecule is CC1(C)O[C@H]2OC([C@H](CCO)NCCCCCCCN[C@@H](CCO)C3O[C@@H]4OC(C)(C)O[C@@H]4[C@H]3OCc3ccccc3)[C@H](OCc3ccccc3)[C@H]2O1. The van der Waals surface area contributed by atoms with E-state index < -0.39 is 24.2 Å². The minimum atomic E-state index is -0.742. The van der Waals surface area contributed by atoms with Gasteiger partial charge in [0.2, 0.25) is 0 Å². The number of hydrogen-bond acceptors (Lipinski definition) is 12. The van der Waals surface area contributed by atoms with Gasteiger partial charge in [-0.15, -0.1) is 0 Å². The summed E-state index contributed by atoms with van der Waals surface area (Å²) in [5.41, 5.74) is 2.16. The van der Waals surface area contributed by atoms with Crippen LogP contribution in [0.15, 0.2) is 60.7 Å². The molecule has 12 heteroatoms. The Kier molecular flexibility index (Phi) is 14.7. The van der Waals surface area contributed by atoms with Gasteiger partial charge >= 0.3 is 0 Å². The molecule has 4 aliphatic heterocycles. The molecule has 6 rings (SSSR count). The third kappa shape index (κ3) is 11.1. The Morgan fingerprint density at radius 3 is 1.38 bits per heavy atom. The molecule has 0 spiro atoms. The molecule has 4 saturated heterocycles. The molecular weight excluding hydrogens is 680 g/mol. The topological polar surface area (TPSA) is 138 Å².